The lowest BCUT2D eigenvalue weighted by Crippen LogP contribution is -1.99. The van der Waals surface area contributed by atoms with E-state index in [-0.39, 0.29) is 5.00 Å². The monoisotopic (exact) mass is 326 g/mol. The van der Waals surface area contributed by atoms with Gasteiger partial charge in [0.25, 0.3) is 0 Å². The van der Waals surface area contributed by atoms with E-state index in [9.17, 15) is 10.1 Å². The second-order valence-corrected chi connectivity index (χ2v) is 5.99. The Balaban J connectivity index is 1.84. The number of hydrogen-bond donors (Lipinski definition) is 1. The van der Waals surface area contributed by atoms with E-state index in [0.29, 0.717) is 22.8 Å². The summed E-state index contributed by atoms with van der Waals surface area (Å²) in [4.78, 5) is 11.1. The molecule has 0 unspecified atom stereocenters. The van der Waals surface area contributed by atoms with E-state index in [0.717, 1.165) is 33.5 Å². The molecule has 0 saturated carbocycles. The molecule has 2 aromatic heterocycles. The van der Waals surface area contributed by atoms with Gasteiger partial charge < -0.3 is 5.32 Å². The summed E-state index contributed by atoms with van der Waals surface area (Å²) in [5.41, 5.74) is 2.20. The molecule has 1 aromatic carbocycles. The van der Waals surface area contributed by atoms with Crippen LogP contribution in [0.3, 0.4) is 0 Å². The fourth-order valence-corrected chi connectivity index (χ4v) is 3.25. The molecule has 3 rings (SSSR count). The summed E-state index contributed by atoms with van der Waals surface area (Å²) in [6, 6.07) is 6.78. The van der Waals surface area contributed by atoms with E-state index in [1.54, 1.807) is 12.1 Å². The summed E-state index contributed by atoms with van der Waals surface area (Å²) >= 11 is 8.41. The fourth-order valence-electron chi connectivity index (χ4n) is 1.73. The van der Waals surface area contributed by atoms with Gasteiger partial charge in [-0.3, -0.25) is 10.1 Å². The summed E-state index contributed by atoms with van der Waals surface area (Å²) < 4.78 is 8.35. The topological polar surface area (TPSA) is 81.0 Å². The van der Waals surface area contributed by atoms with Crippen LogP contribution >= 0.6 is 34.7 Å². The van der Waals surface area contributed by atoms with E-state index >= 15 is 0 Å². The minimum absolute atomic E-state index is 0.126. The van der Waals surface area contributed by atoms with Crippen molar-refractivity contribution in [1.82, 2.24) is 8.75 Å². The molecule has 3 aromatic rings. The van der Waals surface area contributed by atoms with Crippen LogP contribution in [0.2, 0.25) is 5.02 Å². The number of hydrogen-bond acceptors (Lipinski definition) is 7. The van der Waals surface area contributed by atoms with Crippen molar-refractivity contribution in [1.29, 1.82) is 0 Å². The van der Waals surface area contributed by atoms with Crippen LogP contribution in [-0.4, -0.2) is 13.7 Å². The van der Waals surface area contributed by atoms with Gasteiger partial charge in [-0.1, -0.05) is 22.9 Å². The summed E-state index contributed by atoms with van der Waals surface area (Å²) in [6.07, 6.45) is 0. The van der Waals surface area contributed by atoms with Crippen molar-refractivity contribution < 1.29 is 4.92 Å². The number of nitrogens with one attached hydrogen (secondary N) is 1. The maximum atomic E-state index is 10.6. The third kappa shape index (κ3) is 2.45. The summed E-state index contributed by atoms with van der Waals surface area (Å²) in [6.45, 7) is 0.453. The smallest absolute Gasteiger partial charge is 0.324 e. The quantitative estimate of drug-likeness (QED) is 0.580. The van der Waals surface area contributed by atoms with Crippen LogP contribution in [0.25, 0.3) is 11.0 Å². The average Bonchev–Trinajstić information content (AvgIpc) is 3.05. The van der Waals surface area contributed by atoms with Gasteiger partial charge in [0.05, 0.1) is 27.4 Å². The van der Waals surface area contributed by atoms with E-state index < -0.39 is 4.92 Å². The van der Waals surface area contributed by atoms with Crippen LogP contribution < -0.4 is 5.32 Å². The van der Waals surface area contributed by atoms with Gasteiger partial charge in [-0.2, -0.15) is 8.75 Å². The second-order valence-electron chi connectivity index (χ2n) is 3.90. The highest BCUT2D eigenvalue weighted by Crippen LogP contribution is 2.31. The van der Waals surface area contributed by atoms with E-state index in [1.165, 1.54) is 6.07 Å². The Bertz CT molecular complexity index is 786. The maximum absolute atomic E-state index is 10.6. The summed E-state index contributed by atoms with van der Waals surface area (Å²) in [5.74, 6) is 0. The van der Waals surface area contributed by atoms with E-state index in [2.05, 4.69) is 14.1 Å². The van der Waals surface area contributed by atoms with Gasteiger partial charge in [0.2, 0.25) is 0 Å². The molecule has 0 aliphatic heterocycles. The molecule has 0 spiro atoms. The molecule has 0 radical (unpaired) electrons. The molecule has 0 fully saturated rings. The first-order valence-electron chi connectivity index (χ1n) is 5.53. The first-order chi connectivity index (χ1) is 9.65. The number of anilines is 1. The van der Waals surface area contributed by atoms with Crippen molar-refractivity contribution in [3.05, 3.63) is 44.3 Å². The third-order valence-corrected chi connectivity index (χ3v) is 4.54. The minimum Gasteiger partial charge on any atom is -0.377 e. The molecule has 6 nitrogen and oxygen atoms in total. The number of fused-ring (bicyclic) bond motifs is 1. The zero-order valence-electron chi connectivity index (χ0n) is 9.87. The largest absolute Gasteiger partial charge is 0.377 e. The number of benzene rings is 1. The van der Waals surface area contributed by atoms with Crippen molar-refractivity contribution >= 4 is 56.4 Å². The zero-order chi connectivity index (χ0) is 14.1. The highest BCUT2D eigenvalue weighted by molar-refractivity contribution is 7.15. The highest BCUT2D eigenvalue weighted by atomic mass is 35.5. The average molecular weight is 327 g/mol. The number of thiophene rings is 1. The molecule has 1 N–H and O–H groups in total. The van der Waals surface area contributed by atoms with Crippen molar-refractivity contribution in [3.8, 4) is 0 Å². The van der Waals surface area contributed by atoms with Gasteiger partial charge in [-0.15, -0.1) is 0 Å². The van der Waals surface area contributed by atoms with E-state index in [4.69, 9.17) is 11.6 Å². The molecule has 0 saturated heterocycles. The molecule has 0 amide bonds. The van der Waals surface area contributed by atoms with Gasteiger partial charge >= 0.3 is 5.00 Å². The maximum Gasteiger partial charge on any atom is 0.324 e. The van der Waals surface area contributed by atoms with Gasteiger partial charge in [0, 0.05) is 17.5 Å². The first kappa shape index (κ1) is 13.2. The Morgan fingerprint density at radius 1 is 1.30 bits per heavy atom. The molecular weight excluding hydrogens is 320 g/mol. The summed E-state index contributed by atoms with van der Waals surface area (Å²) in [5, 5.41) is 14.5. The van der Waals surface area contributed by atoms with Crippen LogP contribution in [0, 0.1) is 10.1 Å². The van der Waals surface area contributed by atoms with Crippen molar-refractivity contribution in [2.45, 2.75) is 6.54 Å². The fraction of sp³-hybridized carbons (Fsp3) is 0.0909. The zero-order valence-corrected chi connectivity index (χ0v) is 12.3. The Morgan fingerprint density at radius 3 is 2.90 bits per heavy atom. The Kier molecular flexibility index (Phi) is 3.51. The standard InChI is InChI=1S/C11H7ClN4O2S2/c12-7-2-3-8-11(15-20-14-8)10(7)13-5-6-1-4-9(19-6)16(17)18/h1-4,13H,5H2. The molecule has 2 heterocycles. The molecule has 0 atom stereocenters. The lowest BCUT2D eigenvalue weighted by molar-refractivity contribution is -0.380. The number of aromatic nitrogens is 2. The third-order valence-electron chi connectivity index (χ3n) is 2.64. The lowest BCUT2D eigenvalue weighted by atomic mass is 10.2. The number of nitrogens with zero attached hydrogens (tertiary/aromatic N) is 3. The van der Waals surface area contributed by atoms with Gasteiger partial charge in [-0.05, 0) is 18.2 Å². The molecular formula is C11H7ClN4O2S2. The van der Waals surface area contributed by atoms with Crippen molar-refractivity contribution in [2.24, 2.45) is 0 Å². The van der Waals surface area contributed by atoms with Crippen LogP contribution in [0.15, 0.2) is 24.3 Å². The van der Waals surface area contributed by atoms with Gasteiger partial charge in [0.1, 0.15) is 11.0 Å². The number of halogens is 1. The highest BCUT2D eigenvalue weighted by Gasteiger charge is 2.12. The summed E-state index contributed by atoms with van der Waals surface area (Å²) in [7, 11) is 0. The van der Waals surface area contributed by atoms with E-state index in [1.807, 2.05) is 6.07 Å². The molecule has 20 heavy (non-hydrogen) atoms. The molecule has 0 bridgehead atoms. The molecule has 0 aliphatic rings. The minimum atomic E-state index is -0.397. The predicted molar refractivity (Wildman–Crippen MR) is 80.7 cm³/mol. The molecule has 9 heteroatoms. The normalized spacial score (nSPS) is 10.8. The predicted octanol–water partition coefficient (Wildman–Crippen LogP) is 3.93. The first-order valence-corrected chi connectivity index (χ1v) is 7.45. The Labute approximate surface area is 126 Å². The van der Waals surface area contributed by atoms with Crippen LogP contribution in [0.5, 0.6) is 0 Å². The van der Waals surface area contributed by atoms with Gasteiger partial charge in [-0.25, -0.2) is 0 Å². The van der Waals surface area contributed by atoms with Crippen LogP contribution in [0.1, 0.15) is 4.88 Å². The van der Waals surface area contributed by atoms with Crippen LogP contribution in [-0.2, 0) is 6.54 Å². The van der Waals surface area contributed by atoms with Crippen molar-refractivity contribution in [3.63, 3.8) is 0 Å². The van der Waals surface area contributed by atoms with Crippen LogP contribution in [0.4, 0.5) is 10.7 Å². The van der Waals surface area contributed by atoms with Crippen molar-refractivity contribution in [2.75, 3.05) is 5.32 Å². The number of nitro groups is 1. The van der Waals surface area contributed by atoms with Gasteiger partial charge in [0.15, 0.2) is 0 Å². The molecule has 102 valence electrons. The Hall–Kier alpha value is -1.77. The Morgan fingerprint density at radius 2 is 2.15 bits per heavy atom. The SMILES string of the molecule is O=[N+]([O-])c1ccc(CNc2c(Cl)ccc3nsnc23)s1. The second kappa shape index (κ2) is 5.31. The molecule has 0 aliphatic carbocycles. The lowest BCUT2D eigenvalue weighted by Gasteiger charge is -2.07. The number of rotatable bonds is 4.